The minimum atomic E-state index is -5.08. The number of carboxylic acids is 1. The number of aromatic nitrogens is 1. The fourth-order valence-corrected chi connectivity index (χ4v) is 9.78. The van der Waals surface area contributed by atoms with Crippen LogP contribution in [0.2, 0.25) is 0 Å². The lowest BCUT2D eigenvalue weighted by molar-refractivity contribution is -0.192. The average Bonchev–Trinajstić information content (AvgIpc) is 3.67. The zero-order valence-corrected chi connectivity index (χ0v) is 46.4. The van der Waals surface area contributed by atoms with Gasteiger partial charge in [-0.3, -0.25) is 43.3 Å². The number of nitrogens with zero attached hydrogens (tertiary/aromatic N) is 1. The van der Waals surface area contributed by atoms with E-state index in [1.165, 1.54) is 0 Å². The molecule has 83 heavy (non-hydrogen) atoms. The van der Waals surface area contributed by atoms with Gasteiger partial charge in [0.15, 0.2) is 5.96 Å². The van der Waals surface area contributed by atoms with Crippen molar-refractivity contribution in [1.82, 2.24) is 42.2 Å². The molecule has 450 valence electrons. The Morgan fingerprint density at radius 1 is 0.771 bits per heavy atom. The highest BCUT2D eigenvalue weighted by Crippen LogP contribution is 2.39. The number of nitrogens with one attached hydrogen (secondary N) is 8. The number of hydrogen-bond donors (Lipinski definition) is 12. The standard InChI is InChI=1S/C55H74N12O9.C2HF3O2/c1-3-4-19-46(68)62-45-32-47(69)59-28-11-10-17-41(48(56)70)63-51(73)44(31-37-33-61-40-16-9-8-15-39(37)40)65-49(71)42(18-12-29-60-54(57)58)64-50(72)43(30-34-13-6-5-7-14-34)66-53(75)55(67-52(45)74)26-24-36(25-27-55)35-20-22-38(76-2)23-21-35;3-2(4,5)1(6)7/h5-9,13-16,20-23,33,36,41-45,61H,3-4,10-12,17-19,24-32H2,1-2H3,(H2,56,70)(H,59,69)(H,62,68)(H,63,73)(H,64,72)(H,65,71)(H,66,75)(H,67,74)(H4,57,58,60);(H,6,7)/t36?,41-,42-,43+,44-,45?,55?;/m0./s1. The van der Waals surface area contributed by atoms with Crippen molar-refractivity contribution in [2.45, 2.75) is 151 Å². The molecule has 4 aromatic rings. The molecular weight excluding hydrogens is 1090 g/mol. The Bertz CT molecular complexity index is 2890. The first-order valence-electron chi connectivity index (χ1n) is 27.5. The van der Waals surface area contributed by atoms with Crippen LogP contribution < -0.4 is 59.2 Å². The van der Waals surface area contributed by atoms with Crippen molar-refractivity contribution < 1.29 is 66.2 Å². The van der Waals surface area contributed by atoms with Crippen molar-refractivity contribution in [3.63, 3.8) is 0 Å². The first-order valence-corrected chi connectivity index (χ1v) is 27.5. The maximum atomic E-state index is 15.3. The molecule has 1 unspecified atom stereocenters. The zero-order valence-electron chi connectivity index (χ0n) is 46.4. The number of para-hydroxylation sites is 1. The van der Waals surface area contributed by atoms with Crippen LogP contribution in [0.5, 0.6) is 5.75 Å². The summed E-state index contributed by atoms with van der Waals surface area (Å²) in [6.45, 7) is 2.12. The topological polar surface area (TPSA) is 374 Å². The Hall–Kier alpha value is -8.71. The first kappa shape index (κ1) is 65.1. The molecule has 2 heterocycles. The molecule has 23 nitrogen and oxygen atoms in total. The highest BCUT2D eigenvalue weighted by Gasteiger charge is 2.46. The molecular formula is C57H75F3N12O11. The van der Waals surface area contributed by atoms with Crippen LogP contribution in [0, 0.1) is 0 Å². The van der Waals surface area contributed by atoms with Crippen molar-refractivity contribution >= 4 is 70.1 Å². The van der Waals surface area contributed by atoms with Gasteiger partial charge in [0.1, 0.15) is 41.5 Å². The number of carbonyl (C=O) groups is 9. The maximum absolute atomic E-state index is 15.3. The number of rotatable bonds is 15. The summed E-state index contributed by atoms with van der Waals surface area (Å²) in [7, 11) is 1.58. The minimum Gasteiger partial charge on any atom is -0.497 e. The lowest BCUT2D eigenvalue weighted by atomic mass is 9.73. The maximum Gasteiger partial charge on any atom is 0.490 e. The van der Waals surface area contributed by atoms with Crippen LogP contribution in [0.15, 0.2) is 90.1 Å². The van der Waals surface area contributed by atoms with E-state index >= 15 is 4.79 Å². The number of unbranched alkanes of at least 4 members (excludes halogenated alkanes) is 1. The number of benzene rings is 3. The van der Waals surface area contributed by atoms with Crippen LogP contribution in [0.4, 0.5) is 13.2 Å². The molecule has 2 aliphatic rings. The number of aliphatic imine (C=N–C) groups is 1. The second kappa shape index (κ2) is 31.5. The highest BCUT2D eigenvalue weighted by molar-refractivity contribution is 6.00. The molecule has 8 amide bonds. The third-order valence-electron chi connectivity index (χ3n) is 14.4. The SMILES string of the molecule is CCCCC(=O)NC1CC(=O)NCCCC[C@@H](C(N)=O)NC(=O)[C@H](Cc2c[nH]c3ccccc23)NC(=O)[C@H](CCCN=C(N)N)NC(=O)[C@@H](Cc2ccccc2)NC(=O)C2(CCC(c3ccc(OC)cc3)CC2)NC1=O.O=C(O)C(F)(F)F. The molecule has 1 spiro atoms. The highest BCUT2D eigenvalue weighted by atomic mass is 19.4. The van der Waals surface area contributed by atoms with Crippen molar-refractivity contribution in [2.75, 3.05) is 20.2 Å². The number of ether oxygens (including phenoxy) is 1. The van der Waals surface area contributed by atoms with E-state index in [0.717, 1.165) is 16.5 Å². The van der Waals surface area contributed by atoms with Crippen LogP contribution in [-0.4, -0.2) is 131 Å². The van der Waals surface area contributed by atoms with Crippen LogP contribution in [-0.2, 0) is 56.0 Å². The molecule has 26 heteroatoms. The summed E-state index contributed by atoms with van der Waals surface area (Å²) in [4.78, 5) is 130. The molecule has 0 bridgehead atoms. The summed E-state index contributed by atoms with van der Waals surface area (Å²) in [5, 5.41) is 27.8. The molecule has 3 aromatic carbocycles. The number of aromatic amines is 1. The van der Waals surface area contributed by atoms with Gasteiger partial charge < -0.3 is 69.2 Å². The van der Waals surface area contributed by atoms with E-state index in [0.29, 0.717) is 55.4 Å². The van der Waals surface area contributed by atoms with E-state index < -0.39 is 102 Å². The van der Waals surface area contributed by atoms with E-state index in [2.05, 4.69) is 47.2 Å². The molecule has 5 atom stereocenters. The summed E-state index contributed by atoms with van der Waals surface area (Å²) >= 11 is 0. The van der Waals surface area contributed by atoms with Crippen molar-refractivity contribution in [3.05, 3.63) is 102 Å². The minimum absolute atomic E-state index is 0.0168. The number of aliphatic carboxylic acids is 1. The number of halogens is 3. The number of fused-ring (bicyclic) bond motifs is 1. The average molecular weight is 1160 g/mol. The molecule has 1 aliphatic carbocycles. The third-order valence-corrected chi connectivity index (χ3v) is 14.4. The molecule has 1 saturated heterocycles. The van der Waals surface area contributed by atoms with E-state index in [-0.39, 0.29) is 76.3 Å². The number of H-pyrrole nitrogens is 1. The number of carboxylic acid groups (broad SMARTS) is 1. The van der Waals surface area contributed by atoms with Gasteiger partial charge in [-0.1, -0.05) is 74.0 Å². The van der Waals surface area contributed by atoms with E-state index in [1.54, 1.807) is 43.6 Å². The smallest absolute Gasteiger partial charge is 0.490 e. The van der Waals surface area contributed by atoms with E-state index in [1.807, 2.05) is 55.5 Å². The lowest BCUT2D eigenvalue weighted by Crippen LogP contribution is -2.66. The van der Waals surface area contributed by atoms with Gasteiger partial charge >= 0.3 is 12.1 Å². The van der Waals surface area contributed by atoms with Gasteiger partial charge in [0.2, 0.25) is 47.3 Å². The van der Waals surface area contributed by atoms with Gasteiger partial charge in [0.05, 0.1) is 13.5 Å². The lowest BCUT2D eigenvalue weighted by Gasteiger charge is -2.41. The van der Waals surface area contributed by atoms with Gasteiger partial charge in [-0.05, 0) is 105 Å². The Balaban J connectivity index is 0.00000169. The zero-order chi connectivity index (χ0) is 60.7. The number of hydrogen-bond acceptors (Lipinski definition) is 11. The summed E-state index contributed by atoms with van der Waals surface area (Å²) in [5.74, 6) is -7.77. The van der Waals surface area contributed by atoms with Gasteiger partial charge in [-0.25, -0.2) is 4.79 Å². The second-order valence-corrected chi connectivity index (χ2v) is 20.5. The predicted molar refractivity (Wildman–Crippen MR) is 301 cm³/mol. The molecule has 0 radical (unpaired) electrons. The summed E-state index contributed by atoms with van der Waals surface area (Å²) in [6.07, 6.45) is -0.537. The number of guanidine groups is 1. The van der Waals surface area contributed by atoms with Crippen molar-refractivity contribution in [1.29, 1.82) is 0 Å². The van der Waals surface area contributed by atoms with Crippen LogP contribution in [0.3, 0.4) is 0 Å². The number of methoxy groups -OCH3 is 1. The molecule has 15 N–H and O–H groups in total. The second-order valence-electron chi connectivity index (χ2n) is 20.5. The molecule has 1 saturated carbocycles. The summed E-state index contributed by atoms with van der Waals surface area (Å²) < 4.78 is 37.1. The quantitative estimate of drug-likeness (QED) is 0.0463. The van der Waals surface area contributed by atoms with Crippen molar-refractivity contribution in [3.8, 4) is 5.75 Å². The molecule has 1 aromatic heterocycles. The van der Waals surface area contributed by atoms with E-state index in [9.17, 15) is 46.7 Å². The number of nitrogens with two attached hydrogens (primary N) is 3. The molecule has 2 fully saturated rings. The van der Waals surface area contributed by atoms with Crippen LogP contribution >= 0.6 is 0 Å². The largest absolute Gasteiger partial charge is 0.497 e. The Kier molecular flexibility index (Phi) is 24.7. The predicted octanol–water partition coefficient (Wildman–Crippen LogP) is 2.65. The fraction of sp³-hybridized carbons (Fsp3) is 0.474. The molecule has 1 aliphatic heterocycles. The number of primary amides is 1. The van der Waals surface area contributed by atoms with Crippen LogP contribution in [0.1, 0.15) is 113 Å². The van der Waals surface area contributed by atoms with Gasteiger partial charge in [0, 0.05) is 49.5 Å². The summed E-state index contributed by atoms with van der Waals surface area (Å²) in [5.41, 5.74) is 18.6. The number of amides is 8. The van der Waals surface area contributed by atoms with Crippen LogP contribution in [0.25, 0.3) is 10.9 Å². The Morgan fingerprint density at radius 2 is 1.40 bits per heavy atom. The molecule has 6 rings (SSSR count). The monoisotopic (exact) mass is 1160 g/mol. The summed E-state index contributed by atoms with van der Waals surface area (Å²) in [6, 6.07) is 17.5. The fourth-order valence-electron chi connectivity index (χ4n) is 9.78. The Labute approximate surface area is 478 Å². The first-order chi connectivity index (χ1) is 39.5. The third kappa shape index (κ3) is 20.4. The normalized spacial score (nSPS) is 22.6. The van der Waals surface area contributed by atoms with Gasteiger partial charge in [-0.2, -0.15) is 13.2 Å². The van der Waals surface area contributed by atoms with Crippen molar-refractivity contribution in [2.24, 2.45) is 22.2 Å². The van der Waals surface area contributed by atoms with E-state index in [4.69, 9.17) is 31.8 Å². The Morgan fingerprint density at radius 3 is 2.04 bits per heavy atom. The number of alkyl halides is 3. The van der Waals surface area contributed by atoms with Gasteiger partial charge in [0.25, 0.3) is 0 Å². The number of carbonyl (C=O) groups excluding carboxylic acids is 8. The van der Waals surface area contributed by atoms with Gasteiger partial charge in [-0.15, -0.1) is 0 Å².